The zero-order valence-corrected chi connectivity index (χ0v) is 21.5. The second kappa shape index (κ2) is 11.0. The minimum atomic E-state index is -4.80. The highest BCUT2D eigenvalue weighted by Crippen LogP contribution is 2.32. The number of benzene rings is 2. The molecule has 1 saturated heterocycles. The van der Waals surface area contributed by atoms with E-state index in [0.29, 0.717) is 43.7 Å². The molecular formula is C26H26ClF3N6O3. The number of imidazole rings is 1. The number of nitrogens with zero attached hydrogens (tertiary/aromatic N) is 4. The van der Waals surface area contributed by atoms with Crippen molar-refractivity contribution in [1.82, 2.24) is 14.5 Å². The van der Waals surface area contributed by atoms with Gasteiger partial charge in [0.05, 0.1) is 0 Å². The Morgan fingerprint density at radius 3 is 2.26 bits per heavy atom. The summed E-state index contributed by atoms with van der Waals surface area (Å²) in [6.45, 7) is 3.00. The van der Waals surface area contributed by atoms with Crippen molar-refractivity contribution in [3.63, 3.8) is 0 Å². The minimum absolute atomic E-state index is 0.202. The van der Waals surface area contributed by atoms with Crippen molar-refractivity contribution >= 4 is 40.7 Å². The number of ether oxygens (including phenoxy) is 1. The second-order valence-electron chi connectivity index (χ2n) is 9.45. The van der Waals surface area contributed by atoms with E-state index in [2.05, 4.69) is 25.3 Å². The first-order valence-electron chi connectivity index (χ1n) is 12.4. The quantitative estimate of drug-likeness (QED) is 0.399. The number of carbonyl (C=O) groups is 2. The lowest BCUT2D eigenvalue weighted by Crippen LogP contribution is -2.49. The number of nitrogens with one attached hydrogen (secondary N) is 2. The number of halogens is 4. The molecule has 206 valence electrons. The number of piperazine rings is 1. The third-order valence-electron chi connectivity index (χ3n) is 6.47. The summed E-state index contributed by atoms with van der Waals surface area (Å²) in [6.07, 6.45) is -1.02. The predicted molar refractivity (Wildman–Crippen MR) is 140 cm³/mol. The number of amides is 3. The van der Waals surface area contributed by atoms with Gasteiger partial charge in [-0.1, -0.05) is 11.6 Å². The van der Waals surface area contributed by atoms with E-state index >= 15 is 0 Å². The number of urea groups is 1. The SMILES string of the molecule is O=C(Nc1ccc(OC(F)(F)F)cc1)Nc1cn(CC2CC2)c(C(=O)N2CCN(c3ccc(Cl)cc3)CC2)n1. The van der Waals surface area contributed by atoms with Crippen molar-refractivity contribution in [2.24, 2.45) is 5.92 Å². The Kier molecular flexibility index (Phi) is 7.56. The first kappa shape index (κ1) is 26.7. The Morgan fingerprint density at radius 1 is 0.974 bits per heavy atom. The van der Waals surface area contributed by atoms with Gasteiger partial charge >= 0.3 is 12.4 Å². The summed E-state index contributed by atoms with van der Waals surface area (Å²) in [4.78, 5) is 34.3. The molecule has 1 aliphatic carbocycles. The molecule has 0 bridgehead atoms. The van der Waals surface area contributed by atoms with E-state index < -0.39 is 18.1 Å². The summed E-state index contributed by atoms with van der Waals surface area (Å²) in [5.41, 5.74) is 1.30. The summed E-state index contributed by atoms with van der Waals surface area (Å²) >= 11 is 5.99. The van der Waals surface area contributed by atoms with Gasteiger partial charge in [0.1, 0.15) is 5.75 Å². The van der Waals surface area contributed by atoms with Gasteiger partial charge in [-0.05, 0) is 67.3 Å². The highest BCUT2D eigenvalue weighted by Gasteiger charge is 2.31. The lowest BCUT2D eigenvalue weighted by atomic mass is 10.2. The average Bonchev–Trinajstić information content (AvgIpc) is 3.63. The van der Waals surface area contributed by atoms with E-state index in [-0.39, 0.29) is 23.2 Å². The highest BCUT2D eigenvalue weighted by molar-refractivity contribution is 6.30. The van der Waals surface area contributed by atoms with E-state index in [1.54, 1.807) is 15.7 Å². The van der Waals surface area contributed by atoms with Crippen molar-refractivity contribution in [3.8, 4) is 5.75 Å². The number of carbonyl (C=O) groups excluding carboxylic acids is 2. The van der Waals surface area contributed by atoms with Gasteiger partial charge in [0.25, 0.3) is 5.91 Å². The van der Waals surface area contributed by atoms with Crippen molar-refractivity contribution in [2.75, 3.05) is 41.7 Å². The molecule has 2 N–H and O–H groups in total. The first-order valence-corrected chi connectivity index (χ1v) is 12.8. The van der Waals surface area contributed by atoms with Crippen LogP contribution in [-0.4, -0.2) is 58.9 Å². The second-order valence-corrected chi connectivity index (χ2v) is 9.89. The Hall–Kier alpha value is -3.93. The van der Waals surface area contributed by atoms with Crippen molar-refractivity contribution in [1.29, 1.82) is 0 Å². The van der Waals surface area contributed by atoms with Crippen LogP contribution in [0.1, 0.15) is 23.5 Å². The smallest absolute Gasteiger partial charge is 0.406 e. The van der Waals surface area contributed by atoms with E-state index in [1.165, 1.54) is 12.1 Å². The van der Waals surface area contributed by atoms with Crippen LogP contribution in [0.4, 0.5) is 35.2 Å². The number of hydrogen-bond donors (Lipinski definition) is 2. The van der Waals surface area contributed by atoms with Gasteiger partial charge in [-0.3, -0.25) is 10.1 Å². The zero-order chi connectivity index (χ0) is 27.6. The standard InChI is InChI=1S/C26H26ClF3N6O3/c27-18-3-7-20(8-4-18)34-11-13-35(14-12-34)24(37)23-32-22(16-36(23)15-17-1-2-17)33-25(38)31-19-5-9-21(10-6-19)39-26(28,29)30/h3-10,16-17H,1-2,11-15H2,(H2,31,33,38). The Morgan fingerprint density at radius 2 is 1.64 bits per heavy atom. The van der Waals surface area contributed by atoms with Crippen LogP contribution in [0.3, 0.4) is 0 Å². The summed E-state index contributed by atoms with van der Waals surface area (Å²) in [7, 11) is 0. The fraction of sp³-hybridized carbons (Fsp3) is 0.346. The van der Waals surface area contributed by atoms with Gasteiger partial charge in [-0.15, -0.1) is 13.2 Å². The van der Waals surface area contributed by atoms with Crippen molar-refractivity contribution in [3.05, 3.63) is 65.6 Å². The predicted octanol–water partition coefficient (Wildman–Crippen LogP) is 5.45. The van der Waals surface area contributed by atoms with Crippen LogP contribution < -0.4 is 20.3 Å². The molecule has 2 aromatic carbocycles. The molecule has 0 radical (unpaired) electrons. The van der Waals surface area contributed by atoms with Crippen LogP contribution in [0.5, 0.6) is 5.75 Å². The summed E-state index contributed by atoms with van der Waals surface area (Å²) in [5, 5.41) is 5.81. The summed E-state index contributed by atoms with van der Waals surface area (Å²) in [6, 6.07) is 11.7. The fourth-order valence-electron chi connectivity index (χ4n) is 4.34. The molecule has 1 aliphatic heterocycles. The molecule has 0 spiro atoms. The topological polar surface area (TPSA) is 91.7 Å². The molecule has 3 aromatic rings. The molecule has 2 aliphatic rings. The molecule has 13 heteroatoms. The molecule has 1 saturated carbocycles. The Bertz CT molecular complexity index is 1320. The summed E-state index contributed by atoms with van der Waals surface area (Å²) < 4.78 is 42.6. The largest absolute Gasteiger partial charge is 0.573 e. The number of rotatable bonds is 7. The molecule has 2 fully saturated rings. The molecule has 3 amide bonds. The van der Waals surface area contributed by atoms with Crippen LogP contribution in [0.2, 0.25) is 5.02 Å². The van der Waals surface area contributed by atoms with E-state index in [4.69, 9.17) is 11.6 Å². The average molecular weight is 563 g/mol. The normalized spacial score (nSPS) is 15.7. The van der Waals surface area contributed by atoms with Crippen molar-refractivity contribution < 1.29 is 27.5 Å². The van der Waals surface area contributed by atoms with Crippen LogP contribution in [-0.2, 0) is 6.54 Å². The maximum atomic E-state index is 13.4. The van der Waals surface area contributed by atoms with E-state index in [0.717, 1.165) is 30.7 Å². The third kappa shape index (κ3) is 7.14. The third-order valence-corrected chi connectivity index (χ3v) is 6.72. The van der Waals surface area contributed by atoms with Gasteiger partial charge in [0, 0.05) is 55.3 Å². The molecule has 9 nitrogen and oxygen atoms in total. The highest BCUT2D eigenvalue weighted by atomic mass is 35.5. The van der Waals surface area contributed by atoms with Gasteiger partial charge in [0.2, 0.25) is 5.82 Å². The number of hydrogen-bond acceptors (Lipinski definition) is 5. The molecule has 39 heavy (non-hydrogen) atoms. The van der Waals surface area contributed by atoms with Crippen LogP contribution in [0.15, 0.2) is 54.7 Å². The zero-order valence-electron chi connectivity index (χ0n) is 20.7. The summed E-state index contributed by atoms with van der Waals surface area (Å²) in [5.74, 6) is 0.315. The fourth-order valence-corrected chi connectivity index (χ4v) is 4.47. The van der Waals surface area contributed by atoms with E-state index in [9.17, 15) is 22.8 Å². The first-order chi connectivity index (χ1) is 18.6. The minimum Gasteiger partial charge on any atom is -0.406 e. The lowest BCUT2D eigenvalue weighted by molar-refractivity contribution is -0.274. The maximum absolute atomic E-state index is 13.4. The Labute approximate surface area is 227 Å². The van der Waals surface area contributed by atoms with Crippen LogP contribution >= 0.6 is 11.6 Å². The number of anilines is 3. The van der Waals surface area contributed by atoms with Crippen LogP contribution in [0.25, 0.3) is 0 Å². The van der Waals surface area contributed by atoms with Gasteiger partial charge < -0.3 is 24.4 Å². The van der Waals surface area contributed by atoms with Crippen molar-refractivity contribution in [2.45, 2.75) is 25.7 Å². The molecule has 0 atom stereocenters. The molecule has 5 rings (SSSR count). The molecular weight excluding hydrogens is 537 g/mol. The van der Waals surface area contributed by atoms with E-state index in [1.807, 2.05) is 24.3 Å². The molecule has 1 aromatic heterocycles. The molecule has 2 heterocycles. The molecule has 0 unspecified atom stereocenters. The van der Waals surface area contributed by atoms with Gasteiger partial charge in [0.15, 0.2) is 5.82 Å². The number of alkyl halides is 3. The van der Waals surface area contributed by atoms with Crippen LogP contribution in [0, 0.1) is 5.92 Å². The number of aromatic nitrogens is 2. The Balaban J connectivity index is 1.21. The van der Waals surface area contributed by atoms with Gasteiger partial charge in [-0.25, -0.2) is 9.78 Å². The monoisotopic (exact) mass is 562 g/mol. The van der Waals surface area contributed by atoms with Gasteiger partial charge in [-0.2, -0.15) is 0 Å². The lowest BCUT2D eigenvalue weighted by Gasteiger charge is -2.36. The maximum Gasteiger partial charge on any atom is 0.573 e.